The molecule has 0 saturated carbocycles. The number of rotatable bonds is 6. The van der Waals surface area contributed by atoms with Crippen LogP contribution in [-0.2, 0) is 6.42 Å². The normalized spacial score (nSPS) is 18.0. The topological polar surface area (TPSA) is 38.5 Å². The van der Waals surface area contributed by atoms with E-state index in [-0.39, 0.29) is 0 Å². The molecular formula is C19H24N2O. The first-order valence-electron chi connectivity index (χ1n) is 8.03. The molecule has 1 aliphatic heterocycles. The summed E-state index contributed by atoms with van der Waals surface area (Å²) in [6.45, 7) is 2.99. The first-order valence-corrected chi connectivity index (χ1v) is 8.03. The van der Waals surface area contributed by atoms with Gasteiger partial charge in [0.05, 0.1) is 6.54 Å². The minimum atomic E-state index is -0.701. The Balaban J connectivity index is 1.77. The van der Waals surface area contributed by atoms with E-state index < -0.39 is 5.72 Å². The minimum Gasteiger partial charge on any atom is -0.471 e. The SMILES string of the molecule is NC(Cc1ccccc1)(CN1CCCC1)Oc1ccccc1. The Bertz CT molecular complexity index is 523. The molecule has 0 aliphatic carbocycles. The van der Waals surface area contributed by atoms with Crippen molar-refractivity contribution in [3.63, 3.8) is 0 Å². The zero-order valence-corrected chi connectivity index (χ0v) is 12.9. The lowest BCUT2D eigenvalue weighted by Crippen LogP contribution is -2.55. The summed E-state index contributed by atoms with van der Waals surface area (Å²) in [7, 11) is 0. The van der Waals surface area contributed by atoms with Crippen LogP contribution >= 0.6 is 0 Å². The van der Waals surface area contributed by atoms with Crippen LogP contribution in [0.25, 0.3) is 0 Å². The predicted octanol–water partition coefficient (Wildman–Crippen LogP) is 3.06. The summed E-state index contributed by atoms with van der Waals surface area (Å²) in [6, 6.07) is 20.2. The Kier molecular flexibility index (Phi) is 4.76. The summed E-state index contributed by atoms with van der Waals surface area (Å²) in [6.07, 6.45) is 3.22. The van der Waals surface area contributed by atoms with Crippen molar-refractivity contribution in [3.8, 4) is 5.75 Å². The van der Waals surface area contributed by atoms with Gasteiger partial charge in [0.25, 0.3) is 0 Å². The van der Waals surface area contributed by atoms with Crippen LogP contribution in [0.4, 0.5) is 0 Å². The molecular weight excluding hydrogens is 272 g/mol. The molecule has 2 N–H and O–H groups in total. The highest BCUT2D eigenvalue weighted by Gasteiger charge is 2.31. The zero-order chi connectivity index (χ0) is 15.3. The number of ether oxygens (including phenoxy) is 1. The molecule has 1 atom stereocenters. The lowest BCUT2D eigenvalue weighted by Gasteiger charge is -2.34. The van der Waals surface area contributed by atoms with Gasteiger partial charge in [0.15, 0.2) is 5.72 Å². The van der Waals surface area contributed by atoms with Crippen LogP contribution in [0.1, 0.15) is 18.4 Å². The highest BCUT2D eigenvalue weighted by molar-refractivity contribution is 5.23. The summed E-state index contributed by atoms with van der Waals surface area (Å²) in [5, 5.41) is 0. The summed E-state index contributed by atoms with van der Waals surface area (Å²) >= 11 is 0. The van der Waals surface area contributed by atoms with Crippen LogP contribution in [-0.4, -0.2) is 30.3 Å². The van der Waals surface area contributed by atoms with Crippen molar-refractivity contribution in [3.05, 3.63) is 66.2 Å². The standard InChI is InChI=1S/C19H24N2O/c20-19(16-21-13-7-8-14-21,15-17-9-3-1-4-10-17)22-18-11-5-2-6-12-18/h1-6,9-12H,7-8,13-16,20H2. The second kappa shape index (κ2) is 6.95. The maximum absolute atomic E-state index is 6.68. The Morgan fingerprint density at radius 3 is 2.14 bits per heavy atom. The van der Waals surface area contributed by atoms with Crippen LogP contribution in [0.3, 0.4) is 0 Å². The largest absolute Gasteiger partial charge is 0.471 e. The lowest BCUT2D eigenvalue weighted by molar-refractivity contribution is 0.0399. The summed E-state index contributed by atoms with van der Waals surface area (Å²) in [5.74, 6) is 0.833. The van der Waals surface area contributed by atoms with Gasteiger partial charge in [0, 0.05) is 6.42 Å². The number of likely N-dealkylation sites (tertiary alicyclic amines) is 1. The highest BCUT2D eigenvalue weighted by atomic mass is 16.5. The molecule has 116 valence electrons. The van der Waals surface area contributed by atoms with Gasteiger partial charge in [0.1, 0.15) is 5.75 Å². The van der Waals surface area contributed by atoms with Gasteiger partial charge >= 0.3 is 0 Å². The Labute approximate surface area is 132 Å². The first-order chi connectivity index (χ1) is 10.7. The van der Waals surface area contributed by atoms with Crippen molar-refractivity contribution in [2.24, 2.45) is 5.73 Å². The monoisotopic (exact) mass is 296 g/mol. The molecule has 1 unspecified atom stereocenters. The van der Waals surface area contributed by atoms with Crippen LogP contribution in [0, 0.1) is 0 Å². The molecule has 1 saturated heterocycles. The molecule has 1 heterocycles. The molecule has 0 aromatic heterocycles. The van der Waals surface area contributed by atoms with Gasteiger partial charge in [-0.3, -0.25) is 10.6 Å². The van der Waals surface area contributed by atoms with Crippen molar-refractivity contribution in [2.75, 3.05) is 19.6 Å². The molecule has 3 rings (SSSR count). The fourth-order valence-corrected chi connectivity index (χ4v) is 3.11. The number of hydrogen-bond acceptors (Lipinski definition) is 3. The minimum absolute atomic E-state index is 0.701. The zero-order valence-electron chi connectivity index (χ0n) is 12.9. The quantitative estimate of drug-likeness (QED) is 0.833. The maximum atomic E-state index is 6.68. The molecule has 0 bridgehead atoms. The molecule has 0 amide bonds. The van der Waals surface area contributed by atoms with E-state index in [1.54, 1.807) is 0 Å². The smallest absolute Gasteiger partial charge is 0.175 e. The van der Waals surface area contributed by atoms with Crippen LogP contribution in [0.15, 0.2) is 60.7 Å². The number of nitrogens with zero attached hydrogens (tertiary/aromatic N) is 1. The molecule has 3 heteroatoms. The molecule has 3 nitrogen and oxygen atoms in total. The Morgan fingerprint density at radius 2 is 1.50 bits per heavy atom. The van der Waals surface area contributed by atoms with Crippen LogP contribution in [0.5, 0.6) is 5.75 Å². The second-order valence-electron chi connectivity index (χ2n) is 6.13. The molecule has 22 heavy (non-hydrogen) atoms. The van der Waals surface area contributed by atoms with Crippen molar-refractivity contribution >= 4 is 0 Å². The average Bonchev–Trinajstić information content (AvgIpc) is 3.01. The van der Waals surface area contributed by atoms with E-state index in [4.69, 9.17) is 10.5 Å². The fraction of sp³-hybridized carbons (Fsp3) is 0.368. The van der Waals surface area contributed by atoms with Gasteiger partial charge in [-0.2, -0.15) is 0 Å². The van der Waals surface area contributed by atoms with Gasteiger partial charge < -0.3 is 4.74 Å². The molecule has 2 aromatic rings. The van der Waals surface area contributed by atoms with Crippen molar-refractivity contribution in [2.45, 2.75) is 25.0 Å². The Morgan fingerprint density at radius 1 is 0.909 bits per heavy atom. The summed E-state index contributed by atoms with van der Waals surface area (Å²) in [5.41, 5.74) is 7.19. The molecule has 1 aliphatic rings. The van der Waals surface area contributed by atoms with Crippen LogP contribution in [0.2, 0.25) is 0 Å². The van der Waals surface area contributed by atoms with Gasteiger partial charge in [-0.1, -0.05) is 48.5 Å². The molecule has 1 fully saturated rings. The predicted molar refractivity (Wildman–Crippen MR) is 89.8 cm³/mol. The van der Waals surface area contributed by atoms with Crippen molar-refractivity contribution < 1.29 is 4.74 Å². The van der Waals surface area contributed by atoms with E-state index in [0.717, 1.165) is 25.4 Å². The Hall–Kier alpha value is -1.84. The maximum Gasteiger partial charge on any atom is 0.175 e. The molecule has 0 radical (unpaired) electrons. The number of benzene rings is 2. The van der Waals surface area contributed by atoms with Gasteiger partial charge in [-0.25, -0.2) is 0 Å². The van der Waals surface area contributed by atoms with E-state index in [1.165, 1.54) is 18.4 Å². The van der Waals surface area contributed by atoms with E-state index in [0.29, 0.717) is 6.42 Å². The van der Waals surface area contributed by atoms with E-state index in [9.17, 15) is 0 Å². The fourth-order valence-electron chi connectivity index (χ4n) is 3.11. The molecule has 2 aromatic carbocycles. The van der Waals surface area contributed by atoms with Gasteiger partial charge in [-0.15, -0.1) is 0 Å². The average molecular weight is 296 g/mol. The molecule has 0 spiro atoms. The third-order valence-electron chi connectivity index (χ3n) is 4.10. The number of nitrogens with two attached hydrogens (primary N) is 1. The summed E-state index contributed by atoms with van der Waals surface area (Å²) < 4.78 is 6.20. The highest BCUT2D eigenvalue weighted by Crippen LogP contribution is 2.21. The third-order valence-corrected chi connectivity index (χ3v) is 4.10. The number of para-hydroxylation sites is 1. The van der Waals surface area contributed by atoms with Crippen molar-refractivity contribution in [1.82, 2.24) is 4.90 Å². The first kappa shape index (κ1) is 15.1. The van der Waals surface area contributed by atoms with E-state index in [1.807, 2.05) is 48.5 Å². The van der Waals surface area contributed by atoms with Gasteiger partial charge in [0.2, 0.25) is 0 Å². The van der Waals surface area contributed by atoms with Crippen LogP contribution < -0.4 is 10.5 Å². The lowest BCUT2D eigenvalue weighted by atomic mass is 10.0. The van der Waals surface area contributed by atoms with Gasteiger partial charge in [-0.05, 0) is 43.6 Å². The number of hydrogen-bond donors (Lipinski definition) is 1. The van der Waals surface area contributed by atoms with E-state index in [2.05, 4.69) is 17.0 Å². The second-order valence-corrected chi connectivity index (χ2v) is 6.13. The third kappa shape index (κ3) is 4.09. The van der Waals surface area contributed by atoms with Crippen molar-refractivity contribution in [1.29, 1.82) is 0 Å². The van der Waals surface area contributed by atoms with E-state index >= 15 is 0 Å². The summed E-state index contributed by atoms with van der Waals surface area (Å²) in [4.78, 5) is 2.41.